The number of para-hydroxylation sites is 3. The van der Waals surface area contributed by atoms with Gasteiger partial charge in [0.05, 0.1) is 22.1 Å². The molecule has 294 valence electrons. The van der Waals surface area contributed by atoms with Crippen molar-refractivity contribution in [3.8, 4) is 22.3 Å². The molecule has 0 saturated carbocycles. The molecule has 13 rings (SSSR count). The summed E-state index contributed by atoms with van der Waals surface area (Å²) >= 11 is 0. The second-order valence-corrected chi connectivity index (χ2v) is 16.9. The van der Waals surface area contributed by atoms with Gasteiger partial charge in [-0.3, -0.25) is 0 Å². The predicted octanol–water partition coefficient (Wildman–Crippen LogP) is 15.3. The Morgan fingerprint density at radius 3 is 1.65 bits per heavy atom. The van der Waals surface area contributed by atoms with Gasteiger partial charge < -0.3 is 9.47 Å². The first-order valence-electron chi connectivity index (χ1n) is 22.0. The molecular weight excluding hydrogens is 761 g/mol. The summed E-state index contributed by atoms with van der Waals surface area (Å²) in [6.45, 7) is 0. The van der Waals surface area contributed by atoms with Crippen LogP contribution in [0.2, 0.25) is 0 Å². The Balaban J connectivity index is 1.00. The molecule has 2 nitrogen and oxygen atoms in total. The SMILES string of the molecule is C1=C=C(c2ccccc2N(C2=CC=C(n3c4ccccc4c4ccccc43)CC2)c2ccc(-c3ccccc3)cc2)C2=C(C=1)C1(c3ccccc32)c2ccccc2-c2ccccc21. The molecule has 0 amide bonds. The van der Waals surface area contributed by atoms with Gasteiger partial charge in [0.1, 0.15) is 0 Å². The maximum absolute atomic E-state index is 3.73. The molecule has 9 aromatic rings. The number of benzene rings is 8. The van der Waals surface area contributed by atoms with Crippen molar-refractivity contribution in [2.45, 2.75) is 18.3 Å². The number of nitrogens with zero attached hydrogens (tertiary/aromatic N) is 2. The predicted molar refractivity (Wildman–Crippen MR) is 262 cm³/mol. The standard InChI is InChI=1S/C61H40N2/c1-2-17-41(18-3-1)42-33-35-43(36-34-42)62(44-37-39-45(40-38-44)63-58-31-14-7-21-48(58)49-22-8-15-32-59(49)63)57-30-13-9-23-50(57)51-25-16-29-56-60(51)52-24-6-12-28-55(52)61(56)53-26-10-4-19-46(53)47-20-5-11-27-54(47)61/h1-15,17-24,26-37,39H,38,40H2. The monoisotopic (exact) mass is 800 g/mol. The summed E-state index contributed by atoms with van der Waals surface area (Å²) in [5, 5.41) is 2.57. The van der Waals surface area contributed by atoms with E-state index < -0.39 is 5.41 Å². The summed E-state index contributed by atoms with van der Waals surface area (Å²) in [5.41, 5.74) is 29.1. The van der Waals surface area contributed by atoms with Gasteiger partial charge in [-0.1, -0.05) is 181 Å². The number of hydrogen-bond acceptors (Lipinski definition) is 1. The zero-order valence-electron chi connectivity index (χ0n) is 34.6. The third-order valence-corrected chi connectivity index (χ3v) is 13.8. The molecule has 8 aromatic carbocycles. The summed E-state index contributed by atoms with van der Waals surface area (Å²) in [4.78, 5) is 2.49. The van der Waals surface area contributed by atoms with Gasteiger partial charge >= 0.3 is 0 Å². The van der Waals surface area contributed by atoms with E-state index in [1.165, 1.54) is 88.9 Å². The normalized spacial score (nSPS) is 15.2. The molecule has 63 heavy (non-hydrogen) atoms. The molecule has 1 spiro atoms. The average Bonchev–Trinajstić information content (AvgIpc) is 3.97. The van der Waals surface area contributed by atoms with Crippen LogP contribution in [0.25, 0.3) is 60.9 Å². The summed E-state index contributed by atoms with van der Waals surface area (Å²) < 4.78 is 2.47. The van der Waals surface area contributed by atoms with E-state index in [0.717, 1.165) is 35.4 Å². The fraction of sp³-hybridized carbons (Fsp3) is 0.0492. The van der Waals surface area contributed by atoms with Gasteiger partial charge in [-0.15, -0.1) is 0 Å². The highest BCUT2D eigenvalue weighted by molar-refractivity contribution is 6.15. The van der Waals surface area contributed by atoms with Crippen molar-refractivity contribution in [2.75, 3.05) is 4.90 Å². The van der Waals surface area contributed by atoms with E-state index in [2.05, 4.69) is 239 Å². The quantitative estimate of drug-likeness (QED) is 0.152. The molecular formula is C61H40N2. The van der Waals surface area contributed by atoms with Crippen molar-refractivity contribution in [1.82, 2.24) is 4.57 Å². The molecule has 2 heteroatoms. The second-order valence-electron chi connectivity index (χ2n) is 16.9. The Kier molecular flexibility index (Phi) is 7.89. The van der Waals surface area contributed by atoms with Crippen LogP contribution in [0.1, 0.15) is 40.7 Å². The Labute approximate surface area is 367 Å². The van der Waals surface area contributed by atoms with Crippen LogP contribution in [0.4, 0.5) is 11.4 Å². The Bertz CT molecular complexity index is 3480. The summed E-state index contributed by atoms with van der Waals surface area (Å²) in [5.74, 6) is 0. The molecule has 0 atom stereocenters. The van der Waals surface area contributed by atoms with Gasteiger partial charge in [0.25, 0.3) is 0 Å². The van der Waals surface area contributed by atoms with Crippen molar-refractivity contribution in [1.29, 1.82) is 0 Å². The third kappa shape index (κ3) is 5.15. The maximum Gasteiger partial charge on any atom is 0.0732 e. The van der Waals surface area contributed by atoms with Crippen LogP contribution in [0.5, 0.6) is 0 Å². The molecule has 1 heterocycles. The first kappa shape index (κ1) is 35.6. The summed E-state index contributed by atoms with van der Waals surface area (Å²) in [6.07, 6.45) is 8.67. The summed E-state index contributed by atoms with van der Waals surface area (Å²) in [6, 6.07) is 73.3. The lowest BCUT2D eigenvalue weighted by molar-refractivity contribution is 0.786. The zero-order chi connectivity index (χ0) is 41.5. The molecule has 4 aliphatic rings. The van der Waals surface area contributed by atoms with E-state index in [9.17, 15) is 0 Å². The molecule has 1 aromatic heterocycles. The van der Waals surface area contributed by atoms with E-state index in [0.29, 0.717) is 0 Å². The lowest BCUT2D eigenvalue weighted by Gasteiger charge is -2.33. The van der Waals surface area contributed by atoms with Crippen LogP contribution in [-0.2, 0) is 5.41 Å². The van der Waals surface area contributed by atoms with E-state index in [-0.39, 0.29) is 0 Å². The largest absolute Gasteiger partial charge is 0.314 e. The van der Waals surface area contributed by atoms with Crippen LogP contribution in [0, 0.1) is 0 Å². The third-order valence-electron chi connectivity index (χ3n) is 13.8. The fourth-order valence-corrected chi connectivity index (χ4v) is 11.2. The molecule has 0 N–H and O–H groups in total. The van der Waals surface area contributed by atoms with Gasteiger partial charge in [0.2, 0.25) is 0 Å². The van der Waals surface area contributed by atoms with Crippen molar-refractivity contribution in [2.24, 2.45) is 0 Å². The number of hydrogen-bond donors (Lipinski definition) is 0. The number of fused-ring (bicyclic) bond motifs is 12. The molecule has 0 saturated heterocycles. The minimum Gasteiger partial charge on any atom is -0.314 e. The molecule has 4 aliphatic carbocycles. The number of anilines is 2. The Morgan fingerprint density at radius 2 is 1.00 bits per heavy atom. The van der Waals surface area contributed by atoms with Crippen LogP contribution in [0.3, 0.4) is 0 Å². The highest BCUT2D eigenvalue weighted by Gasteiger charge is 2.53. The van der Waals surface area contributed by atoms with E-state index in [1.54, 1.807) is 0 Å². The topological polar surface area (TPSA) is 8.17 Å². The lowest BCUT2D eigenvalue weighted by Crippen LogP contribution is -2.26. The van der Waals surface area contributed by atoms with Gasteiger partial charge in [0.15, 0.2) is 0 Å². The molecule has 0 fully saturated rings. The molecule has 0 bridgehead atoms. The number of aromatic nitrogens is 1. The first-order chi connectivity index (χ1) is 31.3. The average molecular weight is 801 g/mol. The van der Waals surface area contributed by atoms with Crippen molar-refractivity contribution in [3.63, 3.8) is 0 Å². The van der Waals surface area contributed by atoms with E-state index >= 15 is 0 Å². The van der Waals surface area contributed by atoms with Crippen LogP contribution in [-0.4, -0.2) is 4.57 Å². The molecule has 0 aliphatic heterocycles. The van der Waals surface area contributed by atoms with Crippen molar-refractivity contribution in [3.05, 3.63) is 269 Å². The van der Waals surface area contributed by atoms with E-state index in [1.807, 2.05) is 0 Å². The first-order valence-corrected chi connectivity index (χ1v) is 22.0. The maximum atomic E-state index is 3.73. The highest BCUT2D eigenvalue weighted by Crippen LogP contribution is 2.64. The minimum absolute atomic E-state index is 0.457. The smallest absolute Gasteiger partial charge is 0.0732 e. The molecule has 0 radical (unpaired) electrons. The Hall–Kier alpha value is -8.12. The number of rotatable bonds is 6. The van der Waals surface area contributed by atoms with Gasteiger partial charge in [-0.25, -0.2) is 0 Å². The van der Waals surface area contributed by atoms with Gasteiger partial charge in [0, 0.05) is 44.6 Å². The Morgan fingerprint density at radius 1 is 0.460 bits per heavy atom. The van der Waals surface area contributed by atoms with Crippen LogP contribution >= 0.6 is 0 Å². The van der Waals surface area contributed by atoms with Crippen LogP contribution in [0.15, 0.2) is 241 Å². The highest BCUT2D eigenvalue weighted by atomic mass is 15.2. The number of allylic oxidation sites excluding steroid dienone is 8. The van der Waals surface area contributed by atoms with Gasteiger partial charge in [-0.2, -0.15) is 0 Å². The zero-order valence-corrected chi connectivity index (χ0v) is 34.6. The van der Waals surface area contributed by atoms with Gasteiger partial charge in [-0.05, 0) is 111 Å². The molecule has 0 unspecified atom stereocenters. The van der Waals surface area contributed by atoms with Crippen molar-refractivity contribution < 1.29 is 0 Å². The van der Waals surface area contributed by atoms with Crippen LogP contribution < -0.4 is 4.90 Å². The summed E-state index contributed by atoms with van der Waals surface area (Å²) in [7, 11) is 0. The lowest BCUT2D eigenvalue weighted by atomic mass is 9.69. The van der Waals surface area contributed by atoms with E-state index in [4.69, 9.17) is 0 Å². The van der Waals surface area contributed by atoms with Crippen molar-refractivity contribution >= 4 is 50.0 Å². The fourth-order valence-electron chi connectivity index (χ4n) is 11.2. The minimum atomic E-state index is -0.457. The second kappa shape index (κ2) is 14.0.